The molecule has 0 saturated carbocycles. The molecule has 7 aromatic heterocycles. The van der Waals surface area contributed by atoms with Crippen LogP contribution in [0.2, 0.25) is 0 Å². The van der Waals surface area contributed by atoms with E-state index in [1.807, 2.05) is 0 Å². The highest BCUT2D eigenvalue weighted by molar-refractivity contribution is 6.12. The number of nitrogens with one attached hydrogen (secondary N) is 4. The number of H-pyrrole nitrogens is 4. The second-order valence-corrected chi connectivity index (χ2v) is 29.9. The lowest BCUT2D eigenvalue weighted by molar-refractivity contribution is 0.602. The molecule has 0 aliphatic carbocycles. The Hall–Kier alpha value is -13.2. The van der Waals surface area contributed by atoms with Crippen molar-refractivity contribution in [3.05, 3.63) is 309 Å². The molecule has 9 heteroatoms. The maximum atomic E-state index is 5.78. The SMILES string of the molecule is CCCCCCn1c2cc(-c3c4nc(c(-c5ccc(C)cc5)c5ccc([nH]5)c(-c5ccc(C)cc5)c5nc(c(-c6ccc(C)cc6)c6ccc3[nH]6)C=C5)C=C4)ccc2c2ccc(-c3c4nc(c(-c5ccc(C)cc5)c5ccc([nH]5)c(-c5ccc(C)cc5)c5nc(c(-c6ccc(C)cc6)c6ccc3[nH]6)C=C5)C=C4)cc21. The molecule has 0 amide bonds. The number of aromatic amines is 4. The Labute approximate surface area is 634 Å². The van der Waals surface area contributed by atoms with Gasteiger partial charge in [-0.1, -0.05) is 229 Å². The number of benzene rings is 8. The summed E-state index contributed by atoms with van der Waals surface area (Å²) in [6.07, 6.45) is 22.0. The van der Waals surface area contributed by atoms with Crippen LogP contribution in [-0.2, 0) is 6.54 Å². The largest absolute Gasteiger partial charge is 0.354 e. The number of aryl methyl sites for hydroxylation is 7. The van der Waals surface area contributed by atoms with E-state index >= 15 is 0 Å². The van der Waals surface area contributed by atoms with Crippen LogP contribution in [0.15, 0.2) is 231 Å². The summed E-state index contributed by atoms with van der Waals surface area (Å²) in [5, 5.41) is 2.38. The van der Waals surface area contributed by atoms with Crippen LogP contribution in [0, 0.1) is 41.5 Å². The number of hydrogen-bond acceptors (Lipinski definition) is 4. The Morgan fingerprint density at radius 3 is 0.642 bits per heavy atom. The van der Waals surface area contributed by atoms with Crippen LogP contribution in [-0.4, -0.2) is 44.4 Å². The molecule has 9 nitrogen and oxygen atoms in total. The maximum Gasteiger partial charge on any atom is 0.0737 e. The van der Waals surface area contributed by atoms with Gasteiger partial charge in [0.15, 0.2) is 0 Å². The first-order valence-corrected chi connectivity index (χ1v) is 38.2. The molecule has 0 radical (unpaired) electrons. The summed E-state index contributed by atoms with van der Waals surface area (Å²) in [6.45, 7) is 16.0. The number of nitrogens with zero attached hydrogens (tertiary/aromatic N) is 5. The van der Waals surface area contributed by atoms with Crippen LogP contribution in [0.1, 0.15) is 112 Å². The molecule has 0 unspecified atom stereocenters. The first-order chi connectivity index (χ1) is 53.4. The fourth-order valence-corrected chi connectivity index (χ4v) is 16.5. The van der Waals surface area contributed by atoms with E-state index in [2.05, 4.69) is 352 Å². The molecule has 4 aliphatic rings. The monoisotopic (exact) mass is 1410 g/mol. The van der Waals surface area contributed by atoms with Crippen LogP contribution in [0.25, 0.3) is 204 Å². The van der Waals surface area contributed by atoms with Crippen molar-refractivity contribution in [3.8, 4) is 89.0 Å². The summed E-state index contributed by atoms with van der Waals surface area (Å²) in [6, 6.07) is 84.9. The molecule has 4 N–H and O–H groups in total. The summed E-state index contributed by atoms with van der Waals surface area (Å²) in [5.74, 6) is 0. The van der Waals surface area contributed by atoms with E-state index in [4.69, 9.17) is 19.9 Å². The molecule has 11 heterocycles. The van der Waals surface area contributed by atoms with Crippen LogP contribution < -0.4 is 0 Å². The van der Waals surface area contributed by atoms with Gasteiger partial charge < -0.3 is 24.5 Å². The van der Waals surface area contributed by atoms with Crippen LogP contribution >= 0.6 is 0 Å². The van der Waals surface area contributed by atoms with E-state index in [1.54, 1.807) is 0 Å². The third kappa shape index (κ3) is 12.2. The van der Waals surface area contributed by atoms with Gasteiger partial charge in [-0.25, -0.2) is 19.9 Å². The number of aromatic nitrogens is 9. The maximum absolute atomic E-state index is 5.78. The molecule has 15 aromatic rings. The van der Waals surface area contributed by atoms with Crippen molar-refractivity contribution in [1.82, 2.24) is 44.4 Å². The molecule has 0 atom stereocenters. The molecule has 0 fully saturated rings. The number of rotatable bonds is 13. The molecular formula is C100H81N9. The number of unbranched alkanes of at least 4 members (excludes halogenated alkanes) is 3. The predicted octanol–water partition coefficient (Wildman–Crippen LogP) is 26.5. The van der Waals surface area contributed by atoms with Crippen molar-refractivity contribution in [1.29, 1.82) is 0 Å². The van der Waals surface area contributed by atoms with Crippen molar-refractivity contribution < 1.29 is 0 Å². The first-order valence-electron chi connectivity index (χ1n) is 38.2. The van der Waals surface area contributed by atoms with Gasteiger partial charge in [0.25, 0.3) is 0 Å². The number of fused-ring (bicyclic) bond motifs is 19. The molecule has 16 bridgehead atoms. The van der Waals surface area contributed by atoms with E-state index in [0.717, 1.165) is 222 Å². The van der Waals surface area contributed by atoms with Gasteiger partial charge in [-0.15, -0.1) is 0 Å². The standard InChI is InChI=1S/C100H81N9/c1-8-9-10-11-56-109-91-57-71(99-87-52-48-83(105-87)95(67-28-16-61(4)17-29-67)79-44-40-75(101-79)93(65-24-12-59(2)13-25-65)76-41-45-80(102-76)96(84-49-53-88(99)106-84)68-30-18-62(5)19-31-68)36-38-73(91)74-39-37-72(58-92(74)109)100-89-54-50-85(107-89)97(69-32-20-63(6)21-33-69)81-46-42-77(103-81)94(66-26-14-60(3)15-27-66)78-43-47-82(104-78)98(86-51-55-90(100)108-86)70-34-22-64(7)23-35-70/h12-55,57-58,101,103,106,108H,8-11,56H2,1-7H3. The first kappa shape index (κ1) is 66.4. The predicted molar refractivity (Wildman–Crippen MR) is 460 cm³/mol. The fraction of sp³-hybridized carbons (Fsp3) is 0.120. The van der Waals surface area contributed by atoms with E-state index in [1.165, 1.54) is 44.2 Å². The summed E-state index contributed by atoms with van der Waals surface area (Å²) in [4.78, 5) is 38.9. The zero-order valence-corrected chi connectivity index (χ0v) is 62.3. The lowest BCUT2D eigenvalue weighted by atomic mass is 10.00. The number of hydrogen-bond donors (Lipinski definition) is 4. The minimum Gasteiger partial charge on any atom is -0.354 e. The van der Waals surface area contributed by atoms with Crippen molar-refractivity contribution in [2.24, 2.45) is 0 Å². The second-order valence-electron chi connectivity index (χ2n) is 29.9. The summed E-state index contributed by atoms with van der Waals surface area (Å²) >= 11 is 0. The third-order valence-electron chi connectivity index (χ3n) is 22.2. The molecular weight excluding hydrogens is 1330 g/mol. The Morgan fingerprint density at radius 2 is 0.431 bits per heavy atom. The molecule has 0 spiro atoms. The third-order valence-corrected chi connectivity index (χ3v) is 22.2. The Bertz CT molecular complexity index is 6210. The van der Waals surface area contributed by atoms with Gasteiger partial charge >= 0.3 is 0 Å². The molecule has 4 aliphatic heterocycles. The van der Waals surface area contributed by atoms with Gasteiger partial charge in [-0.3, -0.25) is 0 Å². The second kappa shape index (κ2) is 27.3. The van der Waals surface area contributed by atoms with Crippen LogP contribution in [0.4, 0.5) is 0 Å². The Kier molecular flexibility index (Phi) is 16.6. The Balaban J connectivity index is 0.863. The average molecular weight is 1410 g/mol. The normalized spacial score (nSPS) is 12.4. The van der Waals surface area contributed by atoms with Gasteiger partial charge in [-0.05, 0) is 202 Å². The van der Waals surface area contributed by atoms with E-state index < -0.39 is 0 Å². The minimum absolute atomic E-state index is 0.827. The summed E-state index contributed by atoms with van der Waals surface area (Å²) in [7, 11) is 0. The minimum atomic E-state index is 0.827. The highest BCUT2D eigenvalue weighted by Gasteiger charge is 2.25. The van der Waals surface area contributed by atoms with Gasteiger partial charge in [0.1, 0.15) is 0 Å². The molecule has 19 rings (SSSR count). The van der Waals surface area contributed by atoms with Crippen LogP contribution in [0.3, 0.4) is 0 Å². The van der Waals surface area contributed by atoms with Crippen molar-refractivity contribution in [3.63, 3.8) is 0 Å². The average Bonchev–Trinajstić information content (AvgIpc) is 1.59. The van der Waals surface area contributed by atoms with E-state index in [-0.39, 0.29) is 0 Å². The molecule has 109 heavy (non-hydrogen) atoms. The van der Waals surface area contributed by atoms with E-state index in [9.17, 15) is 0 Å². The zero-order valence-electron chi connectivity index (χ0n) is 62.3. The van der Waals surface area contributed by atoms with E-state index in [0.29, 0.717) is 0 Å². The molecule has 8 aromatic carbocycles. The smallest absolute Gasteiger partial charge is 0.0737 e. The Morgan fingerprint density at radius 1 is 0.229 bits per heavy atom. The van der Waals surface area contributed by atoms with Crippen molar-refractivity contribution in [2.75, 3.05) is 0 Å². The topological polar surface area (TPSA) is 120 Å². The summed E-state index contributed by atoms with van der Waals surface area (Å²) < 4.78 is 2.60. The quantitative estimate of drug-likeness (QED) is 0.0860. The van der Waals surface area contributed by atoms with Crippen molar-refractivity contribution in [2.45, 2.75) is 80.7 Å². The fourth-order valence-electron chi connectivity index (χ4n) is 16.5. The van der Waals surface area contributed by atoms with Gasteiger partial charge in [0, 0.05) is 117 Å². The van der Waals surface area contributed by atoms with Gasteiger partial charge in [0.05, 0.1) is 45.6 Å². The highest BCUT2D eigenvalue weighted by atomic mass is 15.0. The lowest BCUT2D eigenvalue weighted by Gasteiger charge is -2.11. The van der Waals surface area contributed by atoms with Gasteiger partial charge in [0.2, 0.25) is 0 Å². The molecule has 0 saturated heterocycles. The summed E-state index contributed by atoms with van der Waals surface area (Å²) in [5.41, 5.74) is 40.9. The van der Waals surface area contributed by atoms with Crippen LogP contribution in [0.5, 0.6) is 0 Å². The molecule has 526 valence electrons. The highest BCUT2D eigenvalue weighted by Crippen LogP contribution is 2.45. The van der Waals surface area contributed by atoms with Gasteiger partial charge in [-0.2, -0.15) is 0 Å². The lowest BCUT2D eigenvalue weighted by Crippen LogP contribution is -1.98. The van der Waals surface area contributed by atoms with Crippen molar-refractivity contribution >= 4 is 115 Å². The zero-order chi connectivity index (χ0) is 73.5.